The molecule has 0 saturated carbocycles. The van der Waals surface area contributed by atoms with Crippen LogP contribution in [-0.2, 0) is 37.1 Å². The largest absolute Gasteiger partial charge is 0.543 e. The molecule has 2 atom stereocenters. The van der Waals surface area contributed by atoms with Crippen molar-refractivity contribution in [2.75, 3.05) is 23.4 Å². The topological polar surface area (TPSA) is 208 Å². The van der Waals surface area contributed by atoms with E-state index in [1.807, 2.05) is 0 Å². The number of anilines is 2. The average molecular weight is 587 g/mol. The molecule has 4 heterocycles. The van der Waals surface area contributed by atoms with Gasteiger partial charge in [0.15, 0.2) is 29.4 Å². The van der Waals surface area contributed by atoms with Crippen molar-refractivity contribution in [3.63, 3.8) is 0 Å². The van der Waals surface area contributed by atoms with Crippen LogP contribution in [-0.4, -0.2) is 80.0 Å². The van der Waals surface area contributed by atoms with E-state index in [4.69, 9.17) is 5.73 Å². The number of rotatable bonds is 12. The summed E-state index contributed by atoms with van der Waals surface area (Å²) in [6, 6.07) is 0.343. The van der Waals surface area contributed by atoms with E-state index in [1.54, 1.807) is 16.9 Å². The number of carbonyl (C=O) groups is 4. The Hall–Kier alpha value is -4.10. The molecule has 0 spiro atoms. The lowest BCUT2D eigenvalue weighted by molar-refractivity contribution is -0.767. The summed E-state index contributed by atoms with van der Waals surface area (Å²) in [4.78, 5) is 57.5. The molecule has 0 bridgehead atoms. The summed E-state index contributed by atoms with van der Waals surface area (Å²) < 4.78 is 28.2. The highest BCUT2D eigenvalue weighted by atomic mass is 32.2. The highest BCUT2D eigenvalue weighted by Gasteiger charge is 2.53. The minimum absolute atomic E-state index is 0.0165. The monoisotopic (exact) mass is 586 g/mol. The molecule has 2 aliphatic rings. The number of thioether (sulfide) groups is 1. The highest BCUT2D eigenvalue weighted by Crippen LogP contribution is 2.40. The lowest BCUT2D eigenvalue weighted by Crippen LogP contribution is -2.71. The molecule has 0 unspecified atom stereocenters. The summed E-state index contributed by atoms with van der Waals surface area (Å²) >= 11 is 2.08. The van der Waals surface area contributed by atoms with E-state index >= 15 is 0 Å². The van der Waals surface area contributed by atoms with Gasteiger partial charge in [0.05, 0.1) is 24.3 Å². The van der Waals surface area contributed by atoms with Crippen LogP contribution in [0.2, 0.25) is 0 Å². The Morgan fingerprint density at radius 2 is 2.23 bits per heavy atom. The lowest BCUT2D eigenvalue weighted by atomic mass is 10.0. The zero-order chi connectivity index (χ0) is 28.3. The third-order valence-electron chi connectivity index (χ3n) is 5.59. The van der Waals surface area contributed by atoms with Crippen LogP contribution in [0.15, 0.2) is 34.1 Å². The van der Waals surface area contributed by atoms with Gasteiger partial charge in [0.25, 0.3) is 11.8 Å². The van der Waals surface area contributed by atoms with E-state index in [0.29, 0.717) is 17.8 Å². The average Bonchev–Trinajstić information content (AvgIpc) is 3.48. The smallest absolute Gasteiger partial charge is 0.407 e. The first kappa shape index (κ1) is 27.9. The minimum Gasteiger partial charge on any atom is -0.543 e. The number of thiazole rings is 1. The molecule has 0 aliphatic carbocycles. The molecular weight excluding hydrogens is 566 g/mol. The molecule has 0 aromatic carbocycles. The number of aromatic nitrogens is 3. The van der Waals surface area contributed by atoms with Crippen molar-refractivity contribution in [2.45, 2.75) is 31.1 Å². The maximum absolute atomic E-state index is 13.0. The Morgan fingerprint density at radius 1 is 1.46 bits per heavy atom. The summed E-state index contributed by atoms with van der Waals surface area (Å²) in [5.74, 6) is -2.98. The fourth-order valence-corrected chi connectivity index (χ4v) is 5.90. The fourth-order valence-electron chi connectivity index (χ4n) is 4.02. The minimum atomic E-state index is -3.32. The van der Waals surface area contributed by atoms with Crippen molar-refractivity contribution in [3.8, 4) is 0 Å². The number of oxime groups is 1. The first-order chi connectivity index (χ1) is 18.7. The molecule has 1 fully saturated rings. The van der Waals surface area contributed by atoms with Crippen LogP contribution in [0.1, 0.15) is 5.69 Å². The second kappa shape index (κ2) is 11.7. The maximum Gasteiger partial charge on any atom is 0.407 e. The van der Waals surface area contributed by atoms with Crippen LogP contribution in [0, 0.1) is 0 Å². The summed E-state index contributed by atoms with van der Waals surface area (Å²) in [6.45, 7) is -3.52. The normalized spacial score (nSPS) is 19.0. The molecule has 3 amide bonds. The van der Waals surface area contributed by atoms with E-state index in [2.05, 4.69) is 25.6 Å². The number of nitrogens with zero attached hydrogens (tertiary/aromatic N) is 5. The SMILES string of the molecule is Nc1nc(C(=NOC(F)F)C(=O)N[C@@H]2C(=O)N3C(C(=O)[O-])=C(C[n+]4ccc(NC=O)n4CCO)CS[C@H]23)cs1. The molecule has 5 N–H and O–H groups in total. The first-order valence-corrected chi connectivity index (χ1v) is 12.9. The van der Waals surface area contributed by atoms with Crippen molar-refractivity contribution in [1.29, 1.82) is 0 Å². The number of hydrogen-bond acceptors (Lipinski definition) is 12. The Balaban J connectivity index is 1.55. The Kier molecular flexibility index (Phi) is 8.41. The standard InChI is InChI=1S/C20H20F2N8O7S2/c21-19(22)37-27-12(10-7-39-20(23)25-10)15(33)26-13-16(34)30-14(18(35)36)9(6-38-17(13)30)5-28-2-1-11(24-8-32)29(28)3-4-31/h1-2,7-8,13,17,19,31H,3-6H2,(H4,23,25,26,33,35,36)/t13-,17-/m1/s1. The molecule has 15 nitrogen and oxygen atoms in total. The van der Waals surface area contributed by atoms with E-state index in [0.717, 1.165) is 28.0 Å². The number of aliphatic carboxylic acids is 1. The van der Waals surface area contributed by atoms with Crippen LogP contribution >= 0.6 is 23.1 Å². The van der Waals surface area contributed by atoms with Gasteiger partial charge in [-0.15, -0.1) is 32.5 Å². The Bertz CT molecular complexity index is 1360. The van der Waals surface area contributed by atoms with E-state index < -0.39 is 41.5 Å². The predicted molar refractivity (Wildman–Crippen MR) is 129 cm³/mol. The molecule has 2 aromatic rings. The number of halogens is 2. The summed E-state index contributed by atoms with van der Waals surface area (Å²) in [5.41, 5.74) is 4.66. The number of carboxylic acids is 1. The van der Waals surface area contributed by atoms with Gasteiger partial charge in [-0.05, 0) is 0 Å². The number of aliphatic hydroxyl groups excluding tert-OH is 1. The molecule has 4 rings (SSSR count). The van der Waals surface area contributed by atoms with Crippen molar-refractivity contribution in [3.05, 3.63) is 34.6 Å². The van der Waals surface area contributed by atoms with Crippen molar-refractivity contribution in [2.24, 2.45) is 5.16 Å². The molecule has 39 heavy (non-hydrogen) atoms. The maximum atomic E-state index is 13.0. The van der Waals surface area contributed by atoms with Gasteiger partial charge in [-0.2, -0.15) is 8.78 Å². The summed E-state index contributed by atoms with van der Waals surface area (Å²) in [5, 5.41) is 29.9. The number of aliphatic hydroxyl groups is 1. The highest BCUT2D eigenvalue weighted by molar-refractivity contribution is 8.00. The van der Waals surface area contributed by atoms with Gasteiger partial charge in [-0.1, -0.05) is 5.16 Å². The number of carboxylic acid groups (broad SMARTS) is 1. The van der Waals surface area contributed by atoms with Crippen LogP contribution in [0.4, 0.5) is 19.7 Å². The molecular formula is C20H20F2N8O7S2. The second-order valence-electron chi connectivity index (χ2n) is 7.88. The van der Waals surface area contributed by atoms with Gasteiger partial charge in [-0.25, -0.2) is 4.98 Å². The van der Waals surface area contributed by atoms with Gasteiger partial charge in [0, 0.05) is 16.7 Å². The number of nitrogen functional groups attached to an aromatic ring is 1. The molecule has 2 aromatic heterocycles. The second-order valence-corrected chi connectivity index (χ2v) is 9.88. The fraction of sp³-hybridized carbons (Fsp3) is 0.350. The van der Waals surface area contributed by atoms with Gasteiger partial charge < -0.3 is 36.2 Å². The Morgan fingerprint density at radius 3 is 2.85 bits per heavy atom. The zero-order valence-electron chi connectivity index (χ0n) is 19.7. The lowest BCUT2D eigenvalue weighted by Gasteiger charge is -2.50. The van der Waals surface area contributed by atoms with Crippen molar-refractivity contribution < 1.29 is 47.7 Å². The zero-order valence-corrected chi connectivity index (χ0v) is 21.3. The number of nitrogens with two attached hydrogens (primary N) is 1. The number of hydrogen-bond donors (Lipinski definition) is 4. The van der Waals surface area contributed by atoms with Gasteiger partial charge in [0.1, 0.15) is 23.7 Å². The predicted octanol–water partition coefficient (Wildman–Crippen LogP) is -2.58. The molecule has 208 valence electrons. The number of alkyl halides is 2. The quantitative estimate of drug-likeness (QED) is 0.0671. The molecule has 0 radical (unpaired) electrons. The van der Waals surface area contributed by atoms with Crippen LogP contribution in [0.5, 0.6) is 0 Å². The summed E-state index contributed by atoms with van der Waals surface area (Å²) in [7, 11) is 0. The van der Waals surface area contributed by atoms with Gasteiger partial charge in [0.2, 0.25) is 6.41 Å². The molecule has 19 heteroatoms. The van der Waals surface area contributed by atoms with E-state index in [1.165, 1.54) is 10.1 Å². The van der Waals surface area contributed by atoms with Crippen LogP contribution in [0.3, 0.4) is 0 Å². The number of fused-ring (bicyclic) bond motifs is 1. The Labute approximate surface area is 225 Å². The number of amides is 3. The summed E-state index contributed by atoms with van der Waals surface area (Å²) in [6.07, 6.45) is 2.01. The van der Waals surface area contributed by atoms with Crippen molar-refractivity contribution >= 4 is 64.0 Å². The number of β-lactam (4-membered cyclic amide) rings is 1. The third-order valence-corrected chi connectivity index (χ3v) is 7.61. The van der Waals surface area contributed by atoms with E-state index in [-0.39, 0.29) is 42.0 Å². The van der Waals surface area contributed by atoms with Crippen LogP contribution < -0.4 is 26.2 Å². The van der Waals surface area contributed by atoms with Crippen molar-refractivity contribution in [1.82, 2.24) is 19.9 Å². The number of nitrogens with one attached hydrogen (secondary N) is 2. The third kappa shape index (κ3) is 5.68. The van der Waals surface area contributed by atoms with Crippen LogP contribution in [0.25, 0.3) is 0 Å². The first-order valence-electron chi connectivity index (χ1n) is 11.0. The molecule has 1 saturated heterocycles. The van der Waals surface area contributed by atoms with Gasteiger partial charge in [-0.3, -0.25) is 19.3 Å². The number of carbonyl (C=O) groups excluding carboxylic acids is 4. The van der Waals surface area contributed by atoms with Gasteiger partial charge >= 0.3 is 6.61 Å². The molecule has 2 aliphatic heterocycles. The van der Waals surface area contributed by atoms with E-state index in [9.17, 15) is 38.2 Å².